The minimum Gasteiger partial charge on any atom is -0.393 e. The summed E-state index contributed by atoms with van der Waals surface area (Å²) < 4.78 is 6.70. The lowest BCUT2D eigenvalue weighted by Crippen LogP contribution is -2.70. The Morgan fingerprint density at radius 2 is 1.31 bits per heavy atom. The van der Waals surface area contributed by atoms with Crippen molar-refractivity contribution in [2.75, 3.05) is 0 Å². The number of aliphatic hydroxyl groups excluding tert-OH is 4. The molecular formula is C30H52O5. The summed E-state index contributed by atoms with van der Waals surface area (Å²) in [6.07, 6.45) is 5.07. The minimum atomic E-state index is -0.589. The predicted octanol–water partition coefficient (Wildman–Crippen LogP) is 4.68. The molecule has 0 aromatic rings. The normalized spacial score (nSPS) is 59.3. The Hall–Kier alpha value is -0.200. The monoisotopic (exact) mass is 492 g/mol. The molecule has 0 aromatic heterocycles. The van der Waals surface area contributed by atoms with Gasteiger partial charge in [-0.25, -0.2) is 0 Å². The highest BCUT2D eigenvalue weighted by Crippen LogP contribution is 2.76. The van der Waals surface area contributed by atoms with Crippen LogP contribution in [0.2, 0.25) is 0 Å². The molecule has 4 aliphatic carbocycles. The average molecular weight is 493 g/mol. The Balaban J connectivity index is 1.53. The van der Waals surface area contributed by atoms with Crippen molar-refractivity contribution in [3.05, 3.63) is 0 Å². The van der Waals surface area contributed by atoms with E-state index in [0.717, 1.165) is 51.4 Å². The van der Waals surface area contributed by atoms with Crippen LogP contribution in [0.4, 0.5) is 0 Å². The summed E-state index contributed by atoms with van der Waals surface area (Å²) in [5.74, 6) is 0.694. The first-order valence-corrected chi connectivity index (χ1v) is 14.4. The molecule has 35 heavy (non-hydrogen) atoms. The summed E-state index contributed by atoms with van der Waals surface area (Å²) in [5, 5.41) is 45.1. The van der Waals surface area contributed by atoms with Gasteiger partial charge in [0.05, 0.1) is 35.6 Å². The topological polar surface area (TPSA) is 90.2 Å². The van der Waals surface area contributed by atoms with Gasteiger partial charge in [-0.05, 0) is 117 Å². The van der Waals surface area contributed by atoms with Crippen LogP contribution in [0.1, 0.15) is 107 Å². The van der Waals surface area contributed by atoms with Gasteiger partial charge in [0.25, 0.3) is 0 Å². The molecule has 1 saturated heterocycles. The van der Waals surface area contributed by atoms with Gasteiger partial charge in [0.15, 0.2) is 0 Å². The maximum Gasteiger partial charge on any atom is 0.0891 e. The number of hydrogen-bond donors (Lipinski definition) is 4. The van der Waals surface area contributed by atoms with Gasteiger partial charge in [-0.15, -0.1) is 0 Å². The third-order valence-electron chi connectivity index (χ3n) is 13.2. The van der Waals surface area contributed by atoms with Crippen LogP contribution in [-0.2, 0) is 4.74 Å². The number of aliphatic hydroxyl groups is 4. The lowest BCUT2D eigenvalue weighted by atomic mass is 9.34. The van der Waals surface area contributed by atoms with Gasteiger partial charge >= 0.3 is 0 Å². The Morgan fingerprint density at radius 3 is 1.94 bits per heavy atom. The maximum absolute atomic E-state index is 11.9. The van der Waals surface area contributed by atoms with E-state index in [0.29, 0.717) is 5.92 Å². The van der Waals surface area contributed by atoms with E-state index in [4.69, 9.17) is 4.74 Å². The van der Waals surface area contributed by atoms with Crippen LogP contribution in [0.15, 0.2) is 0 Å². The Labute approximate surface area is 213 Å². The summed E-state index contributed by atoms with van der Waals surface area (Å²) in [6, 6.07) is 0. The van der Waals surface area contributed by atoms with Crippen molar-refractivity contribution in [3.63, 3.8) is 0 Å². The fraction of sp³-hybridized carbons (Fsp3) is 1.00. The van der Waals surface area contributed by atoms with Crippen molar-refractivity contribution in [3.8, 4) is 0 Å². The zero-order valence-corrected chi connectivity index (χ0v) is 23.5. The predicted molar refractivity (Wildman–Crippen MR) is 137 cm³/mol. The van der Waals surface area contributed by atoms with Crippen LogP contribution in [0.5, 0.6) is 0 Å². The van der Waals surface area contributed by atoms with Crippen molar-refractivity contribution < 1.29 is 25.2 Å². The second-order valence-corrected chi connectivity index (χ2v) is 15.6. The quantitative estimate of drug-likeness (QED) is 0.427. The lowest BCUT2D eigenvalue weighted by Gasteiger charge is -2.71. The number of hydrogen-bond acceptors (Lipinski definition) is 5. The third-order valence-corrected chi connectivity index (χ3v) is 13.2. The van der Waals surface area contributed by atoms with E-state index in [1.54, 1.807) is 0 Å². The smallest absolute Gasteiger partial charge is 0.0891 e. The lowest BCUT2D eigenvalue weighted by molar-refractivity contribution is -0.284. The molecular weight excluding hydrogens is 440 g/mol. The van der Waals surface area contributed by atoms with E-state index < -0.39 is 30.0 Å². The first-order chi connectivity index (χ1) is 15.9. The summed E-state index contributed by atoms with van der Waals surface area (Å²) in [5.41, 5.74) is -1.60. The third kappa shape index (κ3) is 3.30. The molecule has 1 aliphatic heterocycles. The molecule has 202 valence electrons. The summed E-state index contributed by atoms with van der Waals surface area (Å²) in [4.78, 5) is 0. The largest absolute Gasteiger partial charge is 0.393 e. The molecule has 5 aliphatic rings. The molecule has 0 radical (unpaired) electrons. The second-order valence-electron chi connectivity index (χ2n) is 15.6. The SMILES string of the molecule is CC1(C)OC(C)(C2CCC3(C)C2C(O)CC2C4(C)CCC(O)C(C)(C)C4C(O)CC23C)CCC1O. The van der Waals surface area contributed by atoms with Gasteiger partial charge < -0.3 is 25.2 Å². The fourth-order valence-electron chi connectivity index (χ4n) is 11.4. The van der Waals surface area contributed by atoms with Gasteiger partial charge in [0.1, 0.15) is 0 Å². The number of fused-ring (bicyclic) bond motifs is 5. The summed E-state index contributed by atoms with van der Waals surface area (Å²) >= 11 is 0. The Bertz CT molecular complexity index is 856. The van der Waals surface area contributed by atoms with Crippen LogP contribution < -0.4 is 0 Å². The molecule has 1 heterocycles. The molecule has 0 amide bonds. The van der Waals surface area contributed by atoms with Crippen LogP contribution in [0, 0.1) is 45.3 Å². The van der Waals surface area contributed by atoms with Gasteiger partial charge in [-0.2, -0.15) is 0 Å². The van der Waals surface area contributed by atoms with Crippen molar-refractivity contribution in [2.45, 2.75) is 142 Å². The van der Waals surface area contributed by atoms with E-state index >= 15 is 0 Å². The highest BCUT2D eigenvalue weighted by atomic mass is 16.5. The van der Waals surface area contributed by atoms with E-state index in [2.05, 4.69) is 41.5 Å². The summed E-state index contributed by atoms with van der Waals surface area (Å²) in [7, 11) is 0. The van der Waals surface area contributed by atoms with Crippen LogP contribution in [-0.4, -0.2) is 56.0 Å². The molecule has 0 aromatic carbocycles. The van der Waals surface area contributed by atoms with Crippen LogP contribution >= 0.6 is 0 Å². The Morgan fingerprint density at radius 1 is 0.686 bits per heavy atom. The first-order valence-electron chi connectivity index (χ1n) is 14.4. The standard InChI is InChI=1S/C30H52O5/c1-25(2)21(33)10-12-27(5)20-15-18(31)23-17(30(8)14-11-22(34)26(3,4)35-30)9-13-28(23,6)29(20,7)16-19(32)24(25)27/h17-24,31-34H,9-16H2,1-8H3. The van der Waals surface area contributed by atoms with Crippen molar-refractivity contribution in [1.82, 2.24) is 0 Å². The molecule has 5 fully saturated rings. The van der Waals surface area contributed by atoms with Gasteiger partial charge in [-0.1, -0.05) is 34.6 Å². The van der Waals surface area contributed by atoms with Crippen molar-refractivity contribution in [2.24, 2.45) is 45.3 Å². The number of rotatable bonds is 1. The maximum atomic E-state index is 11.9. The molecule has 4 N–H and O–H groups in total. The molecule has 4 saturated carbocycles. The minimum absolute atomic E-state index is 0.0304. The fourth-order valence-corrected chi connectivity index (χ4v) is 11.4. The first kappa shape index (κ1) is 26.4. The van der Waals surface area contributed by atoms with E-state index in [9.17, 15) is 20.4 Å². The molecule has 0 spiro atoms. The van der Waals surface area contributed by atoms with Gasteiger partial charge in [-0.3, -0.25) is 0 Å². The molecule has 12 atom stereocenters. The highest BCUT2D eigenvalue weighted by Gasteiger charge is 2.73. The summed E-state index contributed by atoms with van der Waals surface area (Å²) in [6.45, 7) is 17.7. The second kappa shape index (κ2) is 7.68. The van der Waals surface area contributed by atoms with Crippen LogP contribution in [0.25, 0.3) is 0 Å². The van der Waals surface area contributed by atoms with Gasteiger partial charge in [0, 0.05) is 0 Å². The van der Waals surface area contributed by atoms with Crippen molar-refractivity contribution >= 4 is 0 Å². The van der Waals surface area contributed by atoms with E-state index in [-0.39, 0.29) is 45.0 Å². The molecule has 5 rings (SSSR count). The molecule has 5 nitrogen and oxygen atoms in total. The van der Waals surface area contributed by atoms with E-state index in [1.807, 2.05) is 13.8 Å². The van der Waals surface area contributed by atoms with Crippen molar-refractivity contribution in [1.29, 1.82) is 0 Å². The van der Waals surface area contributed by atoms with Gasteiger partial charge in [0.2, 0.25) is 0 Å². The number of ether oxygens (including phenoxy) is 1. The highest BCUT2D eigenvalue weighted by molar-refractivity contribution is 5.22. The Kier molecular flexibility index (Phi) is 5.80. The zero-order valence-electron chi connectivity index (χ0n) is 23.5. The molecule has 12 unspecified atom stereocenters. The molecule has 5 heteroatoms. The average Bonchev–Trinajstić information content (AvgIpc) is 3.11. The van der Waals surface area contributed by atoms with Crippen LogP contribution in [0.3, 0.4) is 0 Å². The zero-order chi connectivity index (χ0) is 26.0. The molecule has 0 bridgehead atoms. The van der Waals surface area contributed by atoms with E-state index in [1.165, 1.54) is 0 Å².